The van der Waals surface area contributed by atoms with E-state index in [1.807, 2.05) is 56.3 Å². The molecule has 3 aromatic carbocycles. The molecule has 0 aliphatic rings. The van der Waals surface area contributed by atoms with E-state index >= 15 is 0 Å². The lowest BCUT2D eigenvalue weighted by Gasteiger charge is -2.20. The lowest BCUT2D eigenvalue weighted by molar-refractivity contribution is 0.0982. The van der Waals surface area contributed by atoms with E-state index in [-0.39, 0.29) is 5.91 Å². The summed E-state index contributed by atoms with van der Waals surface area (Å²) in [7, 11) is 0. The van der Waals surface area contributed by atoms with Gasteiger partial charge in [0.1, 0.15) is 0 Å². The maximum atomic E-state index is 13.6. The second kappa shape index (κ2) is 9.37. The van der Waals surface area contributed by atoms with Crippen molar-refractivity contribution in [2.75, 3.05) is 11.4 Å². The molecule has 0 aliphatic carbocycles. The molecule has 0 spiro atoms. The molecular weight excluding hydrogens is 465 g/mol. The number of aromatic nitrogens is 2. The fourth-order valence-electron chi connectivity index (χ4n) is 3.65. The smallest absolute Gasteiger partial charge is 0.279 e. The van der Waals surface area contributed by atoms with Crippen molar-refractivity contribution in [3.05, 3.63) is 99.1 Å². The van der Waals surface area contributed by atoms with E-state index in [0.717, 1.165) is 22.5 Å². The molecule has 4 aromatic rings. The number of carbonyl (C=O) groups excluding carboxylic acids is 1. The van der Waals surface area contributed by atoms with Gasteiger partial charge in [0.25, 0.3) is 5.91 Å². The zero-order valence-corrected chi connectivity index (χ0v) is 19.8. The van der Waals surface area contributed by atoms with Gasteiger partial charge in [-0.2, -0.15) is 5.10 Å². The highest BCUT2D eigenvalue weighted by Gasteiger charge is 2.26. The van der Waals surface area contributed by atoms with Crippen molar-refractivity contribution in [2.45, 2.75) is 13.8 Å². The fraction of sp³-hybridized carbons (Fsp3) is 0.120. The quantitative estimate of drug-likeness (QED) is 0.294. The molecule has 1 aromatic heterocycles. The molecule has 4 nitrogen and oxygen atoms in total. The van der Waals surface area contributed by atoms with E-state index in [1.165, 1.54) is 0 Å². The van der Waals surface area contributed by atoms with Crippen molar-refractivity contribution in [1.82, 2.24) is 9.78 Å². The second-order valence-electron chi connectivity index (χ2n) is 7.22. The Morgan fingerprint density at radius 3 is 2.22 bits per heavy atom. The van der Waals surface area contributed by atoms with Crippen LogP contribution in [0.4, 0.5) is 5.69 Å². The van der Waals surface area contributed by atoms with Gasteiger partial charge in [0.15, 0.2) is 5.69 Å². The van der Waals surface area contributed by atoms with Gasteiger partial charge >= 0.3 is 0 Å². The number of hydrogen-bond donors (Lipinski definition) is 0. The fourth-order valence-corrected chi connectivity index (χ4v) is 4.27. The number of para-hydroxylation sites is 1. The number of benzene rings is 3. The standard InChI is InChI=1S/C25H20Cl3N3O/c1-3-30(20-7-5-4-6-8-20)25(32)23-16(2)24(17-9-11-18(26)12-10-17)31(29-23)22-14-13-19(27)15-21(22)28/h4-15H,3H2,1-2H3. The normalized spacial score (nSPS) is 10.9. The minimum absolute atomic E-state index is 0.185. The topological polar surface area (TPSA) is 38.1 Å². The molecule has 32 heavy (non-hydrogen) atoms. The lowest BCUT2D eigenvalue weighted by atomic mass is 10.1. The Morgan fingerprint density at radius 2 is 1.59 bits per heavy atom. The Balaban J connectivity index is 1.91. The van der Waals surface area contributed by atoms with Crippen LogP contribution in [0, 0.1) is 6.92 Å². The Kier molecular flexibility index (Phi) is 6.56. The Hall–Kier alpha value is -2.79. The highest BCUT2D eigenvalue weighted by atomic mass is 35.5. The predicted molar refractivity (Wildman–Crippen MR) is 133 cm³/mol. The summed E-state index contributed by atoms with van der Waals surface area (Å²) in [5.74, 6) is -0.185. The van der Waals surface area contributed by atoms with E-state index < -0.39 is 0 Å². The van der Waals surface area contributed by atoms with Gasteiger partial charge in [-0.1, -0.05) is 65.1 Å². The number of rotatable bonds is 5. The van der Waals surface area contributed by atoms with Gasteiger partial charge in [-0.05, 0) is 56.3 Å². The van der Waals surface area contributed by atoms with Crippen LogP contribution in [0.5, 0.6) is 0 Å². The molecule has 0 fully saturated rings. The molecule has 0 atom stereocenters. The van der Waals surface area contributed by atoms with E-state index in [0.29, 0.717) is 33.0 Å². The van der Waals surface area contributed by atoms with Gasteiger partial charge in [0.05, 0.1) is 16.4 Å². The van der Waals surface area contributed by atoms with Crippen LogP contribution in [0.15, 0.2) is 72.8 Å². The summed E-state index contributed by atoms with van der Waals surface area (Å²) in [6.45, 7) is 4.34. The first-order valence-corrected chi connectivity index (χ1v) is 11.2. The van der Waals surface area contributed by atoms with E-state index in [2.05, 4.69) is 0 Å². The largest absolute Gasteiger partial charge is 0.307 e. The third-order valence-corrected chi connectivity index (χ3v) is 6.00. The SMILES string of the molecule is CCN(C(=O)c1nn(-c2ccc(Cl)cc2Cl)c(-c2ccc(Cl)cc2)c1C)c1ccccc1. The Morgan fingerprint density at radius 1 is 0.938 bits per heavy atom. The Labute approximate surface area is 202 Å². The van der Waals surface area contributed by atoms with Crippen LogP contribution in [0.25, 0.3) is 16.9 Å². The van der Waals surface area contributed by atoms with Crippen LogP contribution >= 0.6 is 34.8 Å². The molecule has 0 aliphatic heterocycles. The van der Waals surface area contributed by atoms with Crippen molar-refractivity contribution in [3.63, 3.8) is 0 Å². The summed E-state index contributed by atoms with van der Waals surface area (Å²) < 4.78 is 1.70. The lowest BCUT2D eigenvalue weighted by Crippen LogP contribution is -2.31. The molecule has 0 unspecified atom stereocenters. The third kappa shape index (κ3) is 4.26. The van der Waals surface area contributed by atoms with Crippen LogP contribution in [0.2, 0.25) is 15.1 Å². The maximum absolute atomic E-state index is 13.6. The van der Waals surface area contributed by atoms with Crippen molar-refractivity contribution < 1.29 is 4.79 Å². The van der Waals surface area contributed by atoms with Gasteiger partial charge in [-0.3, -0.25) is 4.79 Å². The van der Waals surface area contributed by atoms with Crippen molar-refractivity contribution in [3.8, 4) is 16.9 Å². The number of amides is 1. The van der Waals surface area contributed by atoms with Crippen LogP contribution in [0.3, 0.4) is 0 Å². The first kappa shape index (κ1) is 22.4. The minimum Gasteiger partial charge on any atom is -0.307 e. The minimum atomic E-state index is -0.185. The van der Waals surface area contributed by atoms with Gasteiger partial charge in [0.2, 0.25) is 0 Å². The van der Waals surface area contributed by atoms with Crippen LogP contribution in [-0.2, 0) is 0 Å². The number of anilines is 1. The summed E-state index contributed by atoms with van der Waals surface area (Å²) in [6, 6.07) is 22.1. The first-order valence-electron chi connectivity index (χ1n) is 10.1. The van der Waals surface area contributed by atoms with Gasteiger partial charge in [-0.15, -0.1) is 0 Å². The van der Waals surface area contributed by atoms with Crippen LogP contribution in [0.1, 0.15) is 23.0 Å². The number of carbonyl (C=O) groups is 1. The van der Waals surface area contributed by atoms with Crippen LogP contribution in [-0.4, -0.2) is 22.2 Å². The first-order chi connectivity index (χ1) is 15.4. The van der Waals surface area contributed by atoms with E-state index in [1.54, 1.807) is 39.9 Å². The molecular formula is C25H20Cl3N3O. The van der Waals surface area contributed by atoms with Crippen molar-refractivity contribution >= 4 is 46.4 Å². The molecule has 0 saturated heterocycles. The second-order valence-corrected chi connectivity index (χ2v) is 8.50. The zero-order chi connectivity index (χ0) is 22.8. The zero-order valence-electron chi connectivity index (χ0n) is 17.5. The monoisotopic (exact) mass is 483 g/mol. The summed E-state index contributed by atoms with van der Waals surface area (Å²) in [6.07, 6.45) is 0. The summed E-state index contributed by atoms with van der Waals surface area (Å²) >= 11 is 18.7. The summed E-state index contributed by atoms with van der Waals surface area (Å²) in [5.41, 5.74) is 4.17. The molecule has 162 valence electrons. The Bertz CT molecular complexity index is 1270. The molecule has 1 heterocycles. The highest BCUT2D eigenvalue weighted by Crippen LogP contribution is 2.34. The molecule has 0 radical (unpaired) electrons. The van der Waals surface area contributed by atoms with Crippen molar-refractivity contribution in [2.24, 2.45) is 0 Å². The van der Waals surface area contributed by atoms with Gasteiger partial charge < -0.3 is 4.90 Å². The number of halogens is 3. The summed E-state index contributed by atoms with van der Waals surface area (Å²) in [5, 5.41) is 6.31. The molecule has 0 saturated carbocycles. The van der Waals surface area contributed by atoms with E-state index in [9.17, 15) is 4.79 Å². The summed E-state index contributed by atoms with van der Waals surface area (Å²) in [4.78, 5) is 15.3. The molecule has 7 heteroatoms. The van der Waals surface area contributed by atoms with Crippen molar-refractivity contribution in [1.29, 1.82) is 0 Å². The van der Waals surface area contributed by atoms with Crippen LogP contribution < -0.4 is 4.90 Å². The average molecular weight is 485 g/mol. The van der Waals surface area contributed by atoms with Gasteiger partial charge in [-0.25, -0.2) is 4.68 Å². The number of nitrogens with zero attached hydrogens (tertiary/aromatic N) is 3. The molecule has 0 bridgehead atoms. The predicted octanol–water partition coefficient (Wildman–Crippen LogP) is 7.47. The third-order valence-electron chi connectivity index (χ3n) is 5.21. The van der Waals surface area contributed by atoms with E-state index in [4.69, 9.17) is 39.9 Å². The van der Waals surface area contributed by atoms with Gasteiger partial charge in [0, 0.05) is 33.4 Å². The highest BCUT2D eigenvalue weighted by molar-refractivity contribution is 6.35. The maximum Gasteiger partial charge on any atom is 0.279 e. The molecule has 4 rings (SSSR count). The molecule has 1 amide bonds. The number of hydrogen-bond acceptors (Lipinski definition) is 2. The average Bonchev–Trinajstić information content (AvgIpc) is 3.12. The molecule has 0 N–H and O–H groups in total.